The number of rotatable bonds is 3. The smallest absolute Gasteiger partial charge is 0.183 e. The van der Waals surface area contributed by atoms with Crippen LogP contribution in [0.3, 0.4) is 0 Å². The summed E-state index contributed by atoms with van der Waals surface area (Å²) in [6, 6.07) is 0. The Kier molecular flexibility index (Phi) is 3.09. The summed E-state index contributed by atoms with van der Waals surface area (Å²) in [5, 5.41) is 3.23. The van der Waals surface area contributed by atoms with Crippen LogP contribution in [0.4, 0.5) is 0 Å². The Labute approximate surface area is 82.0 Å². The Morgan fingerprint density at radius 1 is 1.67 bits per heavy atom. The highest BCUT2D eigenvalue weighted by atomic mass is 35.5. The molecule has 1 heterocycles. The molecule has 0 fully saturated rings. The van der Waals surface area contributed by atoms with Crippen molar-refractivity contribution in [2.45, 2.75) is 25.8 Å². The minimum absolute atomic E-state index is 0.121. The first kappa shape index (κ1) is 9.96. The van der Waals surface area contributed by atoms with E-state index >= 15 is 0 Å². The van der Waals surface area contributed by atoms with Crippen molar-refractivity contribution in [3.63, 3.8) is 0 Å². The molecule has 12 heavy (non-hydrogen) atoms. The number of halogens is 1. The zero-order chi connectivity index (χ0) is 9.19. The molecule has 1 aromatic heterocycles. The minimum atomic E-state index is 0.121. The largest absolute Gasteiger partial charge is 0.314 e. The lowest BCUT2D eigenvalue weighted by Gasteiger charge is -2.22. The second-order valence-corrected chi connectivity index (χ2v) is 5.09. The molecule has 0 spiro atoms. The van der Waals surface area contributed by atoms with Crippen LogP contribution in [0.2, 0.25) is 4.47 Å². The van der Waals surface area contributed by atoms with Gasteiger partial charge in [0.2, 0.25) is 0 Å². The number of thiazole rings is 1. The van der Waals surface area contributed by atoms with Crippen LogP contribution in [0.15, 0.2) is 6.20 Å². The Morgan fingerprint density at radius 3 is 2.75 bits per heavy atom. The van der Waals surface area contributed by atoms with Gasteiger partial charge in [-0.25, -0.2) is 4.98 Å². The van der Waals surface area contributed by atoms with Crippen molar-refractivity contribution in [2.75, 3.05) is 7.05 Å². The summed E-state index contributed by atoms with van der Waals surface area (Å²) in [5.41, 5.74) is 0.121. The molecule has 0 amide bonds. The Bertz CT molecular complexity index is 257. The van der Waals surface area contributed by atoms with E-state index in [1.807, 2.05) is 13.2 Å². The van der Waals surface area contributed by atoms with E-state index in [4.69, 9.17) is 11.6 Å². The highest BCUT2D eigenvalue weighted by Crippen LogP contribution is 2.21. The number of nitrogens with one attached hydrogen (secondary N) is 1. The van der Waals surface area contributed by atoms with E-state index in [0.29, 0.717) is 4.47 Å². The molecule has 1 rings (SSSR count). The molecule has 1 N–H and O–H groups in total. The zero-order valence-electron chi connectivity index (χ0n) is 7.52. The zero-order valence-corrected chi connectivity index (χ0v) is 9.09. The van der Waals surface area contributed by atoms with E-state index < -0.39 is 0 Å². The van der Waals surface area contributed by atoms with Crippen LogP contribution in [0, 0.1) is 0 Å². The lowest BCUT2D eigenvalue weighted by molar-refractivity contribution is 0.424. The molecule has 0 aliphatic rings. The maximum absolute atomic E-state index is 5.72. The Morgan fingerprint density at radius 2 is 2.33 bits per heavy atom. The molecule has 0 saturated carbocycles. The molecule has 68 valence electrons. The normalized spacial score (nSPS) is 12.0. The summed E-state index contributed by atoms with van der Waals surface area (Å²) in [4.78, 5) is 5.21. The van der Waals surface area contributed by atoms with Gasteiger partial charge in [0.25, 0.3) is 0 Å². The standard InChI is InChI=1S/C8H13ClN2S/c1-8(2,10-3)4-6-5-11-7(9)12-6/h5,10H,4H2,1-3H3. The number of aromatic nitrogens is 1. The number of likely N-dealkylation sites (N-methyl/N-ethyl adjacent to an activating group) is 1. The number of hydrogen-bond acceptors (Lipinski definition) is 3. The molecule has 0 radical (unpaired) electrons. The highest BCUT2D eigenvalue weighted by molar-refractivity contribution is 7.15. The van der Waals surface area contributed by atoms with Crippen molar-refractivity contribution in [3.05, 3.63) is 15.5 Å². The molecular weight excluding hydrogens is 192 g/mol. The fourth-order valence-electron chi connectivity index (χ4n) is 0.889. The van der Waals surface area contributed by atoms with E-state index in [2.05, 4.69) is 24.1 Å². The number of hydrogen-bond donors (Lipinski definition) is 1. The first-order chi connectivity index (χ1) is 5.53. The van der Waals surface area contributed by atoms with Crippen LogP contribution in [0.1, 0.15) is 18.7 Å². The van der Waals surface area contributed by atoms with Crippen molar-refractivity contribution in [1.82, 2.24) is 10.3 Å². The van der Waals surface area contributed by atoms with Crippen molar-refractivity contribution in [2.24, 2.45) is 0 Å². The molecule has 0 saturated heterocycles. The van der Waals surface area contributed by atoms with Gasteiger partial charge in [-0.1, -0.05) is 11.6 Å². The predicted molar refractivity (Wildman–Crippen MR) is 54.0 cm³/mol. The van der Waals surface area contributed by atoms with Gasteiger partial charge >= 0.3 is 0 Å². The molecule has 0 aliphatic heterocycles. The van der Waals surface area contributed by atoms with E-state index in [0.717, 1.165) is 6.42 Å². The molecule has 0 aliphatic carbocycles. The van der Waals surface area contributed by atoms with Gasteiger partial charge in [0.05, 0.1) is 0 Å². The summed E-state index contributed by atoms with van der Waals surface area (Å²) in [7, 11) is 1.96. The molecule has 0 bridgehead atoms. The van der Waals surface area contributed by atoms with Crippen LogP contribution >= 0.6 is 22.9 Å². The van der Waals surface area contributed by atoms with Crippen LogP contribution in [0.25, 0.3) is 0 Å². The minimum Gasteiger partial charge on any atom is -0.314 e. The van der Waals surface area contributed by atoms with Gasteiger partial charge in [-0.2, -0.15) is 0 Å². The van der Waals surface area contributed by atoms with Gasteiger partial charge in [-0.15, -0.1) is 11.3 Å². The maximum atomic E-state index is 5.72. The van der Waals surface area contributed by atoms with Gasteiger partial charge in [0.15, 0.2) is 4.47 Å². The third-order valence-electron chi connectivity index (χ3n) is 1.82. The van der Waals surface area contributed by atoms with Gasteiger partial charge in [0, 0.05) is 23.0 Å². The molecule has 2 nitrogen and oxygen atoms in total. The molecule has 0 aromatic carbocycles. The van der Waals surface area contributed by atoms with Gasteiger partial charge in [-0.05, 0) is 20.9 Å². The predicted octanol–water partition coefficient (Wildman–Crippen LogP) is 2.34. The Balaban J connectivity index is 2.63. The first-order valence-corrected chi connectivity index (χ1v) is 5.02. The Hall–Kier alpha value is -0.120. The third kappa shape index (κ3) is 2.73. The number of nitrogens with zero attached hydrogens (tertiary/aromatic N) is 1. The molecule has 4 heteroatoms. The van der Waals surface area contributed by atoms with E-state index in [1.54, 1.807) is 11.3 Å². The highest BCUT2D eigenvalue weighted by Gasteiger charge is 2.16. The second-order valence-electron chi connectivity index (χ2n) is 3.39. The quantitative estimate of drug-likeness (QED) is 0.818. The van der Waals surface area contributed by atoms with Crippen LogP contribution in [0.5, 0.6) is 0 Å². The molecular formula is C8H13ClN2S. The van der Waals surface area contributed by atoms with E-state index in [9.17, 15) is 0 Å². The average Bonchev–Trinajstić information content (AvgIpc) is 2.35. The lowest BCUT2D eigenvalue weighted by atomic mass is 10.0. The van der Waals surface area contributed by atoms with E-state index in [-0.39, 0.29) is 5.54 Å². The monoisotopic (exact) mass is 204 g/mol. The van der Waals surface area contributed by atoms with Crippen LogP contribution in [-0.2, 0) is 6.42 Å². The van der Waals surface area contributed by atoms with Gasteiger partial charge < -0.3 is 5.32 Å². The average molecular weight is 205 g/mol. The lowest BCUT2D eigenvalue weighted by Crippen LogP contribution is -2.38. The van der Waals surface area contributed by atoms with Crippen molar-refractivity contribution in [1.29, 1.82) is 0 Å². The van der Waals surface area contributed by atoms with E-state index in [1.165, 1.54) is 4.88 Å². The summed E-state index contributed by atoms with van der Waals surface area (Å²) >= 11 is 7.26. The summed E-state index contributed by atoms with van der Waals surface area (Å²) in [6.07, 6.45) is 2.81. The third-order valence-corrected chi connectivity index (χ3v) is 2.93. The second kappa shape index (κ2) is 3.73. The van der Waals surface area contributed by atoms with Gasteiger partial charge in [0.1, 0.15) is 0 Å². The summed E-state index contributed by atoms with van der Waals surface area (Å²) in [5.74, 6) is 0. The molecule has 0 atom stereocenters. The molecule has 1 aromatic rings. The summed E-state index contributed by atoms with van der Waals surface area (Å²) < 4.78 is 0.622. The van der Waals surface area contributed by atoms with Crippen molar-refractivity contribution >= 4 is 22.9 Å². The summed E-state index contributed by atoms with van der Waals surface area (Å²) in [6.45, 7) is 4.31. The topological polar surface area (TPSA) is 24.9 Å². The molecule has 0 unspecified atom stereocenters. The maximum Gasteiger partial charge on any atom is 0.183 e. The SMILES string of the molecule is CNC(C)(C)Cc1cnc(Cl)s1. The van der Waals surface area contributed by atoms with Crippen molar-refractivity contribution < 1.29 is 0 Å². The fraction of sp³-hybridized carbons (Fsp3) is 0.625. The van der Waals surface area contributed by atoms with Crippen molar-refractivity contribution in [3.8, 4) is 0 Å². The van der Waals surface area contributed by atoms with Crippen LogP contribution in [-0.4, -0.2) is 17.6 Å². The van der Waals surface area contributed by atoms with Gasteiger partial charge in [-0.3, -0.25) is 0 Å². The fourth-order valence-corrected chi connectivity index (χ4v) is 2.10. The first-order valence-electron chi connectivity index (χ1n) is 3.82. The van der Waals surface area contributed by atoms with Crippen LogP contribution < -0.4 is 5.32 Å².